The maximum absolute atomic E-state index is 13.7. The molecule has 174 valence electrons. The van der Waals surface area contributed by atoms with Crippen molar-refractivity contribution >= 4 is 28.8 Å². The van der Waals surface area contributed by atoms with Crippen molar-refractivity contribution in [2.24, 2.45) is 5.41 Å². The van der Waals surface area contributed by atoms with E-state index < -0.39 is 6.04 Å². The van der Waals surface area contributed by atoms with Crippen LogP contribution in [0.3, 0.4) is 0 Å². The van der Waals surface area contributed by atoms with Crippen molar-refractivity contribution in [1.82, 2.24) is 0 Å². The van der Waals surface area contributed by atoms with E-state index in [0.29, 0.717) is 12.8 Å². The van der Waals surface area contributed by atoms with Gasteiger partial charge in [0.25, 0.3) is 0 Å². The molecule has 2 aliphatic rings. The predicted molar refractivity (Wildman–Crippen MR) is 136 cm³/mol. The molecule has 0 unspecified atom stereocenters. The Morgan fingerprint density at radius 1 is 1.09 bits per heavy atom. The van der Waals surface area contributed by atoms with Gasteiger partial charge in [0.1, 0.15) is 0 Å². The molecule has 0 fully saturated rings. The monoisotopic (exact) mass is 445 g/mol. The number of allylic oxidation sites excluding steroid dienone is 1. The lowest BCUT2D eigenvalue weighted by Gasteiger charge is -2.37. The highest BCUT2D eigenvalue weighted by Crippen LogP contribution is 2.48. The van der Waals surface area contributed by atoms with Crippen LogP contribution in [0.15, 0.2) is 59.8 Å². The molecular weight excluding hydrogens is 410 g/mol. The second-order valence-electron chi connectivity index (χ2n) is 10.2. The zero-order chi connectivity index (χ0) is 23.8. The van der Waals surface area contributed by atoms with Crippen molar-refractivity contribution in [3.63, 3.8) is 0 Å². The Balaban J connectivity index is 1.94. The standard InChI is InChI=1S/C28H35N3O2/c1-6-7-12-25(33)31-23-11-9-8-10-21(23)29-22-17-28(2,3)18-24(32)26(22)27(31)19-13-15-20(16-14-19)30(4)5/h8-11,13-16,27,29H,6-7,12,17-18H2,1-5H3/t27-/m0/s1. The summed E-state index contributed by atoms with van der Waals surface area (Å²) in [6.45, 7) is 6.37. The zero-order valence-corrected chi connectivity index (χ0v) is 20.4. The van der Waals surface area contributed by atoms with Crippen LogP contribution in [-0.4, -0.2) is 25.8 Å². The van der Waals surface area contributed by atoms with Gasteiger partial charge in [-0.05, 0) is 48.1 Å². The normalized spacial score (nSPS) is 19.4. The van der Waals surface area contributed by atoms with Gasteiger partial charge in [0.05, 0.1) is 17.4 Å². The number of benzene rings is 2. The van der Waals surface area contributed by atoms with E-state index in [-0.39, 0.29) is 17.1 Å². The quantitative estimate of drug-likeness (QED) is 0.605. The fourth-order valence-electron chi connectivity index (χ4n) is 4.98. The fraction of sp³-hybridized carbons (Fsp3) is 0.429. The molecule has 2 aromatic carbocycles. The largest absolute Gasteiger partial charge is 0.378 e. The SMILES string of the molecule is CCCCC(=O)N1c2ccccc2NC2=C(C(=O)CC(C)(C)C2)[C@@H]1c1ccc(N(C)C)cc1. The van der Waals surface area contributed by atoms with Gasteiger partial charge < -0.3 is 10.2 Å². The number of carbonyl (C=O) groups excluding carboxylic acids is 2. The average Bonchev–Trinajstić information content (AvgIpc) is 2.91. The highest BCUT2D eigenvalue weighted by atomic mass is 16.2. The molecule has 0 aromatic heterocycles. The molecule has 1 aliphatic heterocycles. The second-order valence-corrected chi connectivity index (χ2v) is 10.2. The minimum atomic E-state index is -0.444. The first-order valence-corrected chi connectivity index (χ1v) is 11.9. The number of para-hydroxylation sites is 2. The van der Waals surface area contributed by atoms with Gasteiger partial charge in [-0.1, -0.05) is 51.5 Å². The van der Waals surface area contributed by atoms with Gasteiger partial charge in [0.2, 0.25) is 5.91 Å². The van der Waals surface area contributed by atoms with Crippen LogP contribution in [0.5, 0.6) is 0 Å². The molecule has 0 radical (unpaired) electrons. The molecule has 4 rings (SSSR count). The van der Waals surface area contributed by atoms with Crippen LogP contribution in [0.25, 0.3) is 0 Å². The van der Waals surface area contributed by atoms with E-state index in [1.54, 1.807) is 0 Å². The van der Waals surface area contributed by atoms with Crippen LogP contribution in [0, 0.1) is 5.41 Å². The third-order valence-corrected chi connectivity index (χ3v) is 6.64. The summed E-state index contributed by atoms with van der Waals surface area (Å²) in [6, 6.07) is 15.7. The number of anilines is 3. The van der Waals surface area contributed by atoms with Crippen LogP contribution in [-0.2, 0) is 9.59 Å². The third kappa shape index (κ3) is 4.54. The van der Waals surface area contributed by atoms with Crippen LogP contribution in [0.1, 0.15) is 64.5 Å². The summed E-state index contributed by atoms with van der Waals surface area (Å²) in [5.41, 5.74) is 5.31. The molecule has 2 aromatic rings. The van der Waals surface area contributed by atoms with E-state index in [2.05, 4.69) is 55.3 Å². The van der Waals surface area contributed by atoms with Crippen molar-refractivity contribution in [3.8, 4) is 0 Å². The van der Waals surface area contributed by atoms with Crippen LogP contribution in [0.4, 0.5) is 17.1 Å². The molecule has 0 bridgehead atoms. The van der Waals surface area contributed by atoms with Crippen LogP contribution >= 0.6 is 0 Å². The number of carbonyl (C=O) groups is 2. The Labute approximate surface area is 197 Å². The molecule has 0 spiro atoms. The average molecular weight is 446 g/mol. The van der Waals surface area contributed by atoms with E-state index in [1.807, 2.05) is 43.3 Å². The second kappa shape index (κ2) is 9.05. The van der Waals surface area contributed by atoms with Gasteiger partial charge in [0.15, 0.2) is 5.78 Å². The molecule has 1 heterocycles. The van der Waals surface area contributed by atoms with E-state index in [1.165, 1.54) is 0 Å². The maximum atomic E-state index is 13.7. The van der Waals surface area contributed by atoms with Gasteiger partial charge in [-0.3, -0.25) is 14.5 Å². The van der Waals surface area contributed by atoms with E-state index >= 15 is 0 Å². The molecule has 0 saturated heterocycles. The first-order valence-electron chi connectivity index (χ1n) is 11.9. The number of nitrogens with zero attached hydrogens (tertiary/aromatic N) is 2. The number of nitrogens with one attached hydrogen (secondary N) is 1. The molecular formula is C28H35N3O2. The van der Waals surface area contributed by atoms with Crippen molar-refractivity contribution in [2.45, 2.75) is 58.9 Å². The number of rotatable bonds is 5. The van der Waals surface area contributed by atoms with E-state index in [0.717, 1.165) is 53.2 Å². The Morgan fingerprint density at radius 3 is 2.45 bits per heavy atom. The Bertz CT molecular complexity index is 1080. The smallest absolute Gasteiger partial charge is 0.227 e. The highest BCUT2D eigenvalue weighted by molar-refractivity contribution is 6.06. The summed E-state index contributed by atoms with van der Waals surface area (Å²) in [5.74, 6) is 0.177. The van der Waals surface area contributed by atoms with Crippen molar-refractivity contribution in [2.75, 3.05) is 29.2 Å². The lowest BCUT2D eigenvalue weighted by molar-refractivity contribution is -0.119. The lowest BCUT2D eigenvalue weighted by atomic mass is 9.73. The topological polar surface area (TPSA) is 52.7 Å². The summed E-state index contributed by atoms with van der Waals surface area (Å²) in [6.07, 6.45) is 3.48. The number of hydrogen-bond acceptors (Lipinski definition) is 4. The minimum Gasteiger partial charge on any atom is -0.378 e. The van der Waals surface area contributed by atoms with Gasteiger partial charge in [0, 0.05) is 43.9 Å². The number of unbranched alkanes of at least 4 members (excludes halogenated alkanes) is 1. The number of amides is 1. The first-order chi connectivity index (χ1) is 15.7. The zero-order valence-electron chi connectivity index (χ0n) is 20.4. The molecule has 1 N–H and O–H groups in total. The summed E-state index contributed by atoms with van der Waals surface area (Å²) in [5, 5.41) is 3.57. The highest BCUT2D eigenvalue weighted by Gasteiger charge is 2.43. The molecule has 1 amide bonds. The van der Waals surface area contributed by atoms with Crippen LogP contribution < -0.4 is 15.1 Å². The maximum Gasteiger partial charge on any atom is 0.227 e. The molecule has 1 atom stereocenters. The number of Topliss-reactive ketones (excluding diaryl/α,β-unsaturated/α-hetero) is 1. The predicted octanol–water partition coefficient (Wildman–Crippen LogP) is 6.09. The minimum absolute atomic E-state index is 0.0548. The number of fused-ring (bicyclic) bond motifs is 1. The van der Waals surface area contributed by atoms with Crippen molar-refractivity contribution in [1.29, 1.82) is 0 Å². The van der Waals surface area contributed by atoms with Crippen molar-refractivity contribution < 1.29 is 9.59 Å². The van der Waals surface area contributed by atoms with Crippen molar-refractivity contribution in [3.05, 3.63) is 65.4 Å². The van der Waals surface area contributed by atoms with Gasteiger partial charge >= 0.3 is 0 Å². The Kier molecular flexibility index (Phi) is 6.33. The summed E-state index contributed by atoms with van der Waals surface area (Å²) < 4.78 is 0. The molecule has 5 nitrogen and oxygen atoms in total. The Hall–Kier alpha value is -3.08. The fourth-order valence-corrected chi connectivity index (χ4v) is 4.98. The third-order valence-electron chi connectivity index (χ3n) is 6.64. The summed E-state index contributed by atoms with van der Waals surface area (Å²) in [4.78, 5) is 31.3. The van der Waals surface area contributed by atoms with E-state index in [9.17, 15) is 9.59 Å². The first kappa shape index (κ1) is 23.1. The van der Waals surface area contributed by atoms with Gasteiger partial charge in [-0.15, -0.1) is 0 Å². The molecule has 1 aliphatic carbocycles. The van der Waals surface area contributed by atoms with E-state index in [4.69, 9.17) is 0 Å². The number of hydrogen-bond donors (Lipinski definition) is 1. The van der Waals surface area contributed by atoms with Gasteiger partial charge in [-0.2, -0.15) is 0 Å². The van der Waals surface area contributed by atoms with Crippen LogP contribution in [0.2, 0.25) is 0 Å². The molecule has 5 heteroatoms. The summed E-state index contributed by atoms with van der Waals surface area (Å²) in [7, 11) is 4.02. The lowest BCUT2D eigenvalue weighted by Crippen LogP contribution is -2.39. The summed E-state index contributed by atoms with van der Waals surface area (Å²) >= 11 is 0. The Morgan fingerprint density at radius 2 is 1.79 bits per heavy atom. The molecule has 0 saturated carbocycles. The number of ketones is 1. The van der Waals surface area contributed by atoms with Gasteiger partial charge in [-0.25, -0.2) is 0 Å². The molecule has 33 heavy (non-hydrogen) atoms.